The molecule has 110 valence electrons. The second kappa shape index (κ2) is 6.97. The molecule has 0 aliphatic rings. The number of amides is 1. The van der Waals surface area contributed by atoms with Gasteiger partial charge in [-0.15, -0.1) is 0 Å². The molecule has 1 aromatic carbocycles. The normalized spacial score (nSPS) is 13.4. The van der Waals surface area contributed by atoms with E-state index in [2.05, 4.69) is 10.1 Å². The highest BCUT2D eigenvalue weighted by Crippen LogP contribution is 2.21. The predicted octanol–water partition coefficient (Wildman–Crippen LogP) is 0.143. The van der Waals surface area contributed by atoms with Crippen molar-refractivity contribution in [3.63, 3.8) is 0 Å². The van der Waals surface area contributed by atoms with Crippen LogP contribution in [0.15, 0.2) is 18.2 Å². The van der Waals surface area contributed by atoms with Gasteiger partial charge in [-0.2, -0.15) is 0 Å². The number of halogens is 1. The average Bonchev–Trinajstić information content (AvgIpc) is 2.42. The van der Waals surface area contributed by atoms with Crippen LogP contribution in [-0.2, 0) is 9.53 Å². The van der Waals surface area contributed by atoms with E-state index in [0.29, 0.717) is 0 Å². The Morgan fingerprint density at radius 1 is 1.40 bits per heavy atom. The molecule has 2 unspecified atom stereocenters. The van der Waals surface area contributed by atoms with Crippen molar-refractivity contribution in [2.45, 2.75) is 19.1 Å². The summed E-state index contributed by atoms with van der Waals surface area (Å²) in [5.74, 6) is -1.93. The molecule has 6 nitrogen and oxygen atoms in total. The third kappa shape index (κ3) is 4.01. The molecule has 0 aromatic heterocycles. The van der Waals surface area contributed by atoms with Crippen molar-refractivity contribution in [3.05, 3.63) is 35.1 Å². The highest BCUT2D eigenvalue weighted by molar-refractivity contribution is 5.89. The quantitative estimate of drug-likeness (QED) is 0.669. The van der Waals surface area contributed by atoms with Gasteiger partial charge in [0.05, 0.1) is 12.7 Å². The van der Waals surface area contributed by atoms with Gasteiger partial charge >= 0.3 is 5.97 Å². The van der Waals surface area contributed by atoms with E-state index in [-0.39, 0.29) is 23.6 Å². The first-order valence-corrected chi connectivity index (χ1v) is 5.85. The van der Waals surface area contributed by atoms with Gasteiger partial charge < -0.3 is 20.3 Å². The zero-order chi connectivity index (χ0) is 15.3. The Bertz CT molecular complexity index is 506. The van der Waals surface area contributed by atoms with Crippen molar-refractivity contribution in [3.8, 4) is 0 Å². The number of ether oxygens (including phenoxy) is 1. The molecule has 0 bridgehead atoms. The zero-order valence-electron chi connectivity index (χ0n) is 11.1. The highest BCUT2D eigenvalue weighted by atomic mass is 19.1. The van der Waals surface area contributed by atoms with Gasteiger partial charge in [0.2, 0.25) is 5.91 Å². The largest absolute Gasteiger partial charge is 0.465 e. The van der Waals surface area contributed by atoms with Crippen LogP contribution in [0.3, 0.4) is 0 Å². The molecule has 1 amide bonds. The van der Waals surface area contributed by atoms with Crippen LogP contribution in [0.4, 0.5) is 4.39 Å². The SMILES string of the molecule is COC(=O)c1ccc(C(O)C(O)CNC(C)=O)c(F)c1. The summed E-state index contributed by atoms with van der Waals surface area (Å²) in [5, 5.41) is 21.8. The first kappa shape index (κ1) is 16.1. The minimum atomic E-state index is -1.52. The Labute approximate surface area is 115 Å². The molecule has 0 aliphatic heterocycles. The van der Waals surface area contributed by atoms with E-state index in [4.69, 9.17) is 0 Å². The number of hydrogen-bond acceptors (Lipinski definition) is 5. The molecule has 0 saturated heterocycles. The summed E-state index contributed by atoms with van der Waals surface area (Å²) in [6.07, 6.45) is -2.88. The maximum atomic E-state index is 13.8. The minimum absolute atomic E-state index is 0.00250. The van der Waals surface area contributed by atoms with Crippen LogP contribution in [0.5, 0.6) is 0 Å². The molecule has 2 atom stereocenters. The van der Waals surface area contributed by atoms with Crippen LogP contribution in [0.1, 0.15) is 28.9 Å². The Balaban J connectivity index is 2.85. The van der Waals surface area contributed by atoms with Crippen molar-refractivity contribution in [1.29, 1.82) is 0 Å². The minimum Gasteiger partial charge on any atom is -0.465 e. The first-order valence-electron chi connectivity index (χ1n) is 5.85. The lowest BCUT2D eigenvalue weighted by Crippen LogP contribution is -2.34. The van der Waals surface area contributed by atoms with E-state index in [1.807, 2.05) is 0 Å². The summed E-state index contributed by atoms with van der Waals surface area (Å²) in [5.41, 5.74) is -0.173. The fraction of sp³-hybridized carbons (Fsp3) is 0.385. The van der Waals surface area contributed by atoms with E-state index in [9.17, 15) is 24.2 Å². The molecule has 7 heteroatoms. The van der Waals surface area contributed by atoms with Crippen molar-refractivity contribution >= 4 is 11.9 Å². The fourth-order valence-corrected chi connectivity index (χ4v) is 1.58. The van der Waals surface area contributed by atoms with Gasteiger partial charge in [0, 0.05) is 19.0 Å². The number of carbonyl (C=O) groups excluding carboxylic acids is 2. The Morgan fingerprint density at radius 2 is 2.05 bits per heavy atom. The number of carbonyl (C=O) groups is 2. The molecule has 0 radical (unpaired) electrons. The lowest BCUT2D eigenvalue weighted by atomic mass is 10.0. The summed E-state index contributed by atoms with van der Waals surface area (Å²) >= 11 is 0. The molecule has 1 rings (SSSR count). The summed E-state index contributed by atoms with van der Waals surface area (Å²) < 4.78 is 18.2. The maximum absolute atomic E-state index is 13.8. The Hall–Kier alpha value is -1.99. The number of esters is 1. The highest BCUT2D eigenvalue weighted by Gasteiger charge is 2.22. The van der Waals surface area contributed by atoms with Crippen molar-refractivity contribution in [2.24, 2.45) is 0 Å². The van der Waals surface area contributed by atoms with Crippen LogP contribution >= 0.6 is 0 Å². The lowest BCUT2D eigenvalue weighted by molar-refractivity contribution is -0.119. The number of nitrogens with one attached hydrogen (secondary N) is 1. The zero-order valence-corrected chi connectivity index (χ0v) is 11.1. The van der Waals surface area contributed by atoms with Crippen LogP contribution in [0.2, 0.25) is 0 Å². The van der Waals surface area contributed by atoms with Crippen molar-refractivity contribution < 1.29 is 28.9 Å². The van der Waals surface area contributed by atoms with Gasteiger partial charge in [-0.05, 0) is 12.1 Å². The molecule has 0 heterocycles. The molecule has 0 aliphatic carbocycles. The van der Waals surface area contributed by atoms with Gasteiger partial charge in [0.25, 0.3) is 0 Å². The standard InChI is InChI=1S/C13H16FNO5/c1-7(16)15-6-11(17)12(18)9-4-3-8(5-10(9)14)13(19)20-2/h3-5,11-12,17-18H,6H2,1-2H3,(H,15,16). The number of rotatable bonds is 5. The van der Waals surface area contributed by atoms with E-state index in [0.717, 1.165) is 6.07 Å². The van der Waals surface area contributed by atoms with Gasteiger partial charge in [-0.25, -0.2) is 9.18 Å². The van der Waals surface area contributed by atoms with E-state index < -0.39 is 24.0 Å². The summed E-state index contributed by atoms with van der Waals surface area (Å²) in [6.45, 7) is 1.04. The first-order chi connectivity index (χ1) is 9.36. The van der Waals surface area contributed by atoms with Crippen LogP contribution < -0.4 is 5.32 Å². The Kier molecular flexibility index (Phi) is 5.60. The third-order valence-electron chi connectivity index (χ3n) is 2.66. The van der Waals surface area contributed by atoms with Gasteiger partial charge in [-0.3, -0.25) is 4.79 Å². The van der Waals surface area contributed by atoms with Gasteiger partial charge in [-0.1, -0.05) is 6.07 Å². The monoisotopic (exact) mass is 285 g/mol. The van der Waals surface area contributed by atoms with E-state index >= 15 is 0 Å². The molecule has 0 saturated carbocycles. The average molecular weight is 285 g/mol. The second-order valence-electron chi connectivity index (χ2n) is 4.18. The van der Waals surface area contributed by atoms with Gasteiger partial charge in [0.15, 0.2) is 0 Å². The summed E-state index contributed by atoms with van der Waals surface area (Å²) in [7, 11) is 1.17. The molecule has 1 aromatic rings. The fourth-order valence-electron chi connectivity index (χ4n) is 1.58. The Morgan fingerprint density at radius 3 is 2.55 bits per heavy atom. The summed E-state index contributed by atoms with van der Waals surface area (Å²) in [4.78, 5) is 21.9. The molecule has 3 N–H and O–H groups in total. The van der Waals surface area contributed by atoms with E-state index in [1.165, 1.54) is 26.2 Å². The van der Waals surface area contributed by atoms with Crippen molar-refractivity contribution in [1.82, 2.24) is 5.32 Å². The number of aliphatic hydroxyl groups excluding tert-OH is 2. The maximum Gasteiger partial charge on any atom is 0.337 e. The third-order valence-corrected chi connectivity index (χ3v) is 2.66. The molecular weight excluding hydrogens is 269 g/mol. The summed E-state index contributed by atoms with van der Waals surface area (Å²) in [6, 6.07) is 3.37. The molecular formula is C13H16FNO5. The van der Waals surface area contributed by atoms with Crippen molar-refractivity contribution in [2.75, 3.05) is 13.7 Å². The topological polar surface area (TPSA) is 95.9 Å². The second-order valence-corrected chi connectivity index (χ2v) is 4.18. The smallest absolute Gasteiger partial charge is 0.337 e. The molecule has 0 spiro atoms. The molecule has 0 fully saturated rings. The van der Waals surface area contributed by atoms with Gasteiger partial charge in [0.1, 0.15) is 18.0 Å². The number of hydrogen-bond donors (Lipinski definition) is 3. The lowest BCUT2D eigenvalue weighted by Gasteiger charge is -2.19. The number of benzene rings is 1. The van der Waals surface area contributed by atoms with Crippen LogP contribution in [0.25, 0.3) is 0 Å². The van der Waals surface area contributed by atoms with Crippen LogP contribution in [0, 0.1) is 5.82 Å². The van der Waals surface area contributed by atoms with E-state index in [1.54, 1.807) is 0 Å². The predicted molar refractivity (Wildman–Crippen MR) is 67.4 cm³/mol. The number of methoxy groups -OCH3 is 1. The molecule has 20 heavy (non-hydrogen) atoms. The van der Waals surface area contributed by atoms with Crippen LogP contribution in [-0.4, -0.2) is 41.8 Å². The number of aliphatic hydroxyl groups is 2.